The first-order valence-corrected chi connectivity index (χ1v) is 10.6. The fourth-order valence-corrected chi connectivity index (χ4v) is 4.16. The van der Waals surface area contributed by atoms with Crippen molar-refractivity contribution in [3.05, 3.63) is 60.0 Å². The van der Waals surface area contributed by atoms with Gasteiger partial charge in [-0.25, -0.2) is 4.98 Å². The topological polar surface area (TPSA) is 93.6 Å². The molecule has 3 aromatic heterocycles. The zero-order valence-electron chi connectivity index (χ0n) is 18.0. The van der Waals surface area contributed by atoms with Gasteiger partial charge in [0.05, 0.1) is 30.0 Å². The van der Waals surface area contributed by atoms with Crippen LogP contribution in [0, 0.1) is 6.92 Å². The van der Waals surface area contributed by atoms with Crippen LogP contribution in [0.4, 0.5) is 5.69 Å². The number of fused-ring (bicyclic) bond motifs is 1. The van der Waals surface area contributed by atoms with Crippen LogP contribution in [-0.4, -0.2) is 42.3 Å². The molecule has 8 heteroatoms. The van der Waals surface area contributed by atoms with Crippen molar-refractivity contribution >= 4 is 22.7 Å². The molecule has 0 radical (unpaired) electrons. The third kappa shape index (κ3) is 3.79. The van der Waals surface area contributed by atoms with E-state index < -0.39 is 0 Å². The minimum atomic E-state index is -0.153. The molecule has 32 heavy (non-hydrogen) atoms. The fourth-order valence-electron chi connectivity index (χ4n) is 4.16. The summed E-state index contributed by atoms with van der Waals surface area (Å²) < 4.78 is 16.0. The lowest BCUT2D eigenvalue weighted by molar-refractivity contribution is 0.0932. The van der Waals surface area contributed by atoms with Gasteiger partial charge in [0, 0.05) is 24.8 Å². The average molecular weight is 432 g/mol. The van der Waals surface area contributed by atoms with Crippen molar-refractivity contribution in [2.75, 3.05) is 25.1 Å². The minimum absolute atomic E-state index is 0.0902. The number of rotatable bonds is 5. The first-order chi connectivity index (χ1) is 15.6. The molecule has 1 saturated heterocycles. The number of anilines is 1. The molecule has 5 rings (SSSR count). The molecule has 1 aromatic carbocycles. The summed E-state index contributed by atoms with van der Waals surface area (Å²) >= 11 is 0. The van der Waals surface area contributed by atoms with E-state index in [1.54, 1.807) is 31.6 Å². The van der Waals surface area contributed by atoms with E-state index >= 15 is 0 Å². The molecule has 0 spiro atoms. The Balaban J connectivity index is 1.31. The summed E-state index contributed by atoms with van der Waals surface area (Å²) in [5.74, 6) is 1.26. The Hall–Kier alpha value is -3.81. The van der Waals surface area contributed by atoms with Crippen LogP contribution in [0.2, 0.25) is 0 Å². The number of carbonyl (C=O) groups is 1. The van der Waals surface area contributed by atoms with E-state index in [0.29, 0.717) is 33.8 Å². The molecule has 0 aliphatic carbocycles. The normalized spacial score (nSPS) is 14.6. The summed E-state index contributed by atoms with van der Waals surface area (Å²) in [5.41, 5.74) is 3.17. The van der Waals surface area contributed by atoms with Crippen LogP contribution in [0.5, 0.6) is 5.75 Å². The zero-order chi connectivity index (χ0) is 22.1. The van der Waals surface area contributed by atoms with Crippen molar-refractivity contribution in [2.24, 2.45) is 0 Å². The molecule has 1 aliphatic heterocycles. The molecule has 1 amide bonds. The van der Waals surface area contributed by atoms with Crippen molar-refractivity contribution < 1.29 is 18.5 Å². The predicted octanol–water partition coefficient (Wildman–Crippen LogP) is 4.20. The third-order valence-electron chi connectivity index (χ3n) is 5.90. The molecule has 4 heterocycles. The van der Waals surface area contributed by atoms with Gasteiger partial charge in [-0.15, -0.1) is 0 Å². The van der Waals surface area contributed by atoms with E-state index in [-0.39, 0.29) is 11.9 Å². The maximum atomic E-state index is 13.3. The van der Waals surface area contributed by atoms with E-state index in [4.69, 9.17) is 13.7 Å². The number of hydrogen-bond acceptors (Lipinski definition) is 7. The van der Waals surface area contributed by atoms with E-state index in [1.807, 2.05) is 19.1 Å². The predicted molar refractivity (Wildman–Crippen MR) is 120 cm³/mol. The van der Waals surface area contributed by atoms with Gasteiger partial charge in [-0.2, -0.15) is 0 Å². The molecule has 0 unspecified atom stereocenters. The number of pyridine rings is 1. The van der Waals surface area contributed by atoms with Crippen LogP contribution in [-0.2, 0) is 0 Å². The molecule has 1 aliphatic rings. The second kappa shape index (κ2) is 8.37. The Bertz CT molecular complexity index is 1220. The molecule has 0 saturated carbocycles. The molecule has 0 bridgehead atoms. The molecule has 4 aromatic rings. The highest BCUT2D eigenvalue weighted by molar-refractivity contribution is 6.07. The summed E-state index contributed by atoms with van der Waals surface area (Å²) in [6.07, 6.45) is 3.29. The van der Waals surface area contributed by atoms with Crippen LogP contribution >= 0.6 is 0 Å². The van der Waals surface area contributed by atoms with Crippen molar-refractivity contribution in [1.82, 2.24) is 15.5 Å². The minimum Gasteiger partial charge on any atom is -0.497 e. The van der Waals surface area contributed by atoms with E-state index in [9.17, 15) is 4.79 Å². The van der Waals surface area contributed by atoms with Gasteiger partial charge in [0.1, 0.15) is 11.4 Å². The number of nitrogens with zero attached hydrogens (tertiary/aromatic N) is 3. The largest absolute Gasteiger partial charge is 0.497 e. The van der Waals surface area contributed by atoms with Gasteiger partial charge >= 0.3 is 0 Å². The van der Waals surface area contributed by atoms with Gasteiger partial charge in [0.2, 0.25) is 0 Å². The summed E-state index contributed by atoms with van der Waals surface area (Å²) in [7, 11) is 1.67. The van der Waals surface area contributed by atoms with E-state index in [1.165, 1.54) is 0 Å². The quantitative estimate of drug-likeness (QED) is 0.505. The molecular formula is C24H24N4O4. The van der Waals surface area contributed by atoms with Crippen molar-refractivity contribution in [2.45, 2.75) is 25.8 Å². The maximum absolute atomic E-state index is 13.3. The molecule has 8 nitrogen and oxygen atoms in total. The van der Waals surface area contributed by atoms with Gasteiger partial charge in [-0.1, -0.05) is 5.16 Å². The standard InChI is InChI=1S/C24H24N4O4/c1-15-22-19(14-20(21-4-3-13-31-21)26-24(22)32-27-15)23(29)25-16-9-11-28(12-10-16)17-5-7-18(30-2)8-6-17/h3-8,13-14,16H,9-12H2,1-2H3,(H,25,29). The van der Waals surface area contributed by atoms with Crippen LogP contribution in [0.15, 0.2) is 57.7 Å². The molecule has 164 valence electrons. The number of benzene rings is 1. The number of hydrogen-bond donors (Lipinski definition) is 1. The highest BCUT2D eigenvalue weighted by atomic mass is 16.5. The zero-order valence-corrected chi connectivity index (χ0v) is 18.0. The van der Waals surface area contributed by atoms with Gasteiger partial charge < -0.3 is 23.9 Å². The van der Waals surface area contributed by atoms with Crippen molar-refractivity contribution in [3.63, 3.8) is 0 Å². The molecule has 0 atom stereocenters. The number of furan rings is 1. The number of aryl methyl sites for hydroxylation is 1. The lowest BCUT2D eigenvalue weighted by Crippen LogP contribution is -2.44. The lowest BCUT2D eigenvalue weighted by Gasteiger charge is -2.34. The monoisotopic (exact) mass is 432 g/mol. The van der Waals surface area contributed by atoms with Gasteiger partial charge in [-0.3, -0.25) is 4.79 Å². The lowest BCUT2D eigenvalue weighted by atomic mass is 10.0. The fraction of sp³-hybridized carbons (Fsp3) is 0.292. The van der Waals surface area contributed by atoms with Crippen LogP contribution in [0.25, 0.3) is 22.6 Å². The Morgan fingerprint density at radius 2 is 1.97 bits per heavy atom. The number of amides is 1. The smallest absolute Gasteiger partial charge is 0.259 e. The van der Waals surface area contributed by atoms with Crippen molar-refractivity contribution in [3.8, 4) is 17.2 Å². The van der Waals surface area contributed by atoms with Crippen LogP contribution in [0.3, 0.4) is 0 Å². The summed E-state index contributed by atoms with van der Waals surface area (Å²) in [6.45, 7) is 3.55. The number of nitrogens with one attached hydrogen (secondary N) is 1. The molecule has 1 fully saturated rings. The summed E-state index contributed by atoms with van der Waals surface area (Å²) in [5, 5.41) is 7.83. The summed E-state index contributed by atoms with van der Waals surface area (Å²) in [6, 6.07) is 13.5. The Kier molecular flexibility index (Phi) is 5.26. The van der Waals surface area contributed by atoms with Gasteiger partial charge in [0.25, 0.3) is 11.6 Å². The van der Waals surface area contributed by atoms with Crippen LogP contribution in [0.1, 0.15) is 28.9 Å². The first kappa shape index (κ1) is 20.1. The second-order valence-electron chi connectivity index (χ2n) is 7.91. The SMILES string of the molecule is COc1ccc(N2CCC(NC(=O)c3cc(-c4ccco4)nc4onc(C)c34)CC2)cc1. The van der Waals surface area contributed by atoms with Crippen LogP contribution < -0.4 is 15.0 Å². The Morgan fingerprint density at radius 1 is 1.19 bits per heavy atom. The maximum Gasteiger partial charge on any atom is 0.259 e. The highest BCUT2D eigenvalue weighted by Gasteiger charge is 2.25. The Labute approximate surface area is 185 Å². The third-order valence-corrected chi connectivity index (χ3v) is 5.90. The van der Waals surface area contributed by atoms with Gasteiger partial charge in [-0.05, 0) is 62.2 Å². The van der Waals surface area contributed by atoms with Gasteiger partial charge in [0.15, 0.2) is 5.76 Å². The molecule has 1 N–H and O–H groups in total. The second-order valence-corrected chi connectivity index (χ2v) is 7.91. The number of methoxy groups -OCH3 is 1. The van der Waals surface area contributed by atoms with E-state index in [0.717, 1.165) is 37.4 Å². The Morgan fingerprint density at radius 3 is 2.66 bits per heavy atom. The average Bonchev–Trinajstić information content (AvgIpc) is 3.49. The molecular weight excluding hydrogens is 408 g/mol. The van der Waals surface area contributed by atoms with E-state index in [2.05, 4.69) is 32.5 Å². The van der Waals surface area contributed by atoms with Crippen molar-refractivity contribution in [1.29, 1.82) is 0 Å². The number of aromatic nitrogens is 2. The number of carbonyl (C=O) groups excluding carboxylic acids is 1. The number of piperidine rings is 1. The number of ether oxygens (including phenoxy) is 1. The first-order valence-electron chi connectivity index (χ1n) is 10.6. The summed E-state index contributed by atoms with van der Waals surface area (Å²) in [4.78, 5) is 20.0. The highest BCUT2D eigenvalue weighted by Crippen LogP contribution is 2.28.